The third-order valence-electron chi connectivity index (χ3n) is 3.09. The first-order valence-electron chi connectivity index (χ1n) is 5.71. The lowest BCUT2D eigenvalue weighted by Gasteiger charge is -2.08. The van der Waals surface area contributed by atoms with Crippen LogP contribution in [0.2, 0.25) is 0 Å². The molecule has 2 nitrogen and oxygen atoms in total. The zero-order chi connectivity index (χ0) is 14.4. The van der Waals surface area contributed by atoms with E-state index in [9.17, 15) is 18.7 Å². The predicted octanol–water partition coefficient (Wildman–Crippen LogP) is 4.06. The molecule has 1 N–H and O–H groups in total. The minimum Gasteiger partial charge on any atom is -0.507 e. The van der Waals surface area contributed by atoms with Crippen molar-refractivity contribution in [1.82, 2.24) is 0 Å². The van der Waals surface area contributed by atoms with E-state index in [1.54, 1.807) is 6.07 Å². The van der Waals surface area contributed by atoms with E-state index in [1.807, 2.05) is 0 Å². The zero-order valence-electron chi connectivity index (χ0n) is 9.95. The van der Waals surface area contributed by atoms with Crippen LogP contribution in [0.25, 0.3) is 5.57 Å². The third kappa shape index (κ3) is 2.04. The smallest absolute Gasteiger partial charge is 0.187 e. The van der Waals surface area contributed by atoms with Gasteiger partial charge >= 0.3 is 0 Å². The first-order valence-corrected chi connectivity index (χ1v) is 6.50. The molecule has 0 amide bonds. The zero-order valence-corrected chi connectivity index (χ0v) is 11.5. The number of ketones is 1. The van der Waals surface area contributed by atoms with Gasteiger partial charge in [-0.3, -0.25) is 4.79 Å². The second-order valence-electron chi connectivity index (χ2n) is 4.43. The highest BCUT2D eigenvalue weighted by Gasteiger charge is 2.24. The SMILES string of the molecule is O=C1C=C(c2cc(F)cc(F)c2)c2cc(Br)c(O)cc21. The molecule has 1 aliphatic rings. The van der Waals surface area contributed by atoms with Crippen LogP contribution in [-0.4, -0.2) is 10.9 Å². The minimum atomic E-state index is -0.709. The average molecular weight is 337 g/mol. The van der Waals surface area contributed by atoms with E-state index in [1.165, 1.54) is 12.1 Å². The highest BCUT2D eigenvalue weighted by molar-refractivity contribution is 9.10. The summed E-state index contributed by atoms with van der Waals surface area (Å²) >= 11 is 3.16. The molecule has 0 bridgehead atoms. The Morgan fingerprint density at radius 2 is 1.60 bits per heavy atom. The first kappa shape index (κ1) is 13.0. The van der Waals surface area contributed by atoms with Gasteiger partial charge in [-0.1, -0.05) is 0 Å². The van der Waals surface area contributed by atoms with Crippen LogP contribution in [0.1, 0.15) is 21.5 Å². The molecule has 100 valence electrons. The number of phenols is 1. The standard InChI is InChI=1S/C15H7BrF2O2/c16-13-4-11-10(5-14(19)12(11)6-15(13)20)7-1-8(17)3-9(18)2-7/h1-6,20H. The molecular weight excluding hydrogens is 330 g/mol. The first-order chi connectivity index (χ1) is 9.45. The Bertz CT molecular complexity index is 761. The fourth-order valence-corrected chi connectivity index (χ4v) is 2.57. The molecule has 0 aliphatic heterocycles. The lowest BCUT2D eigenvalue weighted by Crippen LogP contribution is -1.92. The van der Waals surface area contributed by atoms with Crippen LogP contribution in [0.3, 0.4) is 0 Å². The largest absolute Gasteiger partial charge is 0.507 e. The van der Waals surface area contributed by atoms with E-state index in [4.69, 9.17) is 0 Å². The van der Waals surface area contributed by atoms with Crippen LogP contribution >= 0.6 is 15.9 Å². The lowest BCUT2D eigenvalue weighted by atomic mass is 9.99. The van der Waals surface area contributed by atoms with Crippen molar-refractivity contribution in [2.75, 3.05) is 0 Å². The van der Waals surface area contributed by atoms with Crippen molar-refractivity contribution in [2.24, 2.45) is 0 Å². The fourth-order valence-electron chi connectivity index (χ4n) is 2.22. The van der Waals surface area contributed by atoms with Crippen molar-refractivity contribution in [3.63, 3.8) is 0 Å². The van der Waals surface area contributed by atoms with Gasteiger partial charge < -0.3 is 5.11 Å². The molecule has 3 rings (SSSR count). The van der Waals surface area contributed by atoms with Crippen LogP contribution in [0.5, 0.6) is 5.75 Å². The molecule has 0 unspecified atom stereocenters. The Morgan fingerprint density at radius 1 is 0.950 bits per heavy atom. The Labute approximate surface area is 121 Å². The molecular formula is C15H7BrF2O2. The number of aromatic hydroxyl groups is 1. The maximum absolute atomic E-state index is 13.3. The van der Waals surface area contributed by atoms with Crippen LogP contribution < -0.4 is 0 Å². The number of fused-ring (bicyclic) bond motifs is 1. The molecule has 0 fully saturated rings. The van der Waals surface area contributed by atoms with Crippen LogP contribution in [0, 0.1) is 11.6 Å². The van der Waals surface area contributed by atoms with E-state index in [2.05, 4.69) is 15.9 Å². The number of hydrogen-bond donors (Lipinski definition) is 1. The number of carbonyl (C=O) groups excluding carboxylic acids is 1. The minimum absolute atomic E-state index is 0.0582. The van der Waals surface area contributed by atoms with E-state index >= 15 is 0 Å². The molecule has 0 aromatic heterocycles. The van der Waals surface area contributed by atoms with Gasteiger partial charge in [-0.05, 0) is 63.0 Å². The second kappa shape index (κ2) is 4.52. The molecule has 5 heteroatoms. The number of hydrogen-bond acceptors (Lipinski definition) is 2. The Balaban J connectivity index is 2.21. The van der Waals surface area contributed by atoms with Crippen LogP contribution in [-0.2, 0) is 0 Å². The number of carbonyl (C=O) groups is 1. The monoisotopic (exact) mass is 336 g/mol. The van der Waals surface area contributed by atoms with Crippen LogP contribution in [0.15, 0.2) is 40.9 Å². The van der Waals surface area contributed by atoms with Crippen molar-refractivity contribution in [2.45, 2.75) is 0 Å². The van der Waals surface area contributed by atoms with Crippen molar-refractivity contribution in [3.8, 4) is 5.75 Å². The molecule has 0 saturated carbocycles. The average Bonchev–Trinajstić information content (AvgIpc) is 2.66. The van der Waals surface area contributed by atoms with Gasteiger partial charge in [0.1, 0.15) is 17.4 Å². The maximum Gasteiger partial charge on any atom is 0.187 e. The van der Waals surface area contributed by atoms with Gasteiger partial charge in [0.2, 0.25) is 0 Å². The summed E-state index contributed by atoms with van der Waals surface area (Å²) in [5.41, 5.74) is 1.56. The number of allylic oxidation sites excluding steroid dienone is 1. The van der Waals surface area contributed by atoms with E-state index < -0.39 is 11.6 Å². The van der Waals surface area contributed by atoms with Gasteiger partial charge in [-0.25, -0.2) is 8.78 Å². The second-order valence-corrected chi connectivity index (χ2v) is 5.28. The molecule has 0 saturated heterocycles. The van der Waals surface area contributed by atoms with E-state index in [0.717, 1.165) is 18.2 Å². The topological polar surface area (TPSA) is 37.3 Å². The Morgan fingerprint density at radius 3 is 2.25 bits per heavy atom. The quantitative estimate of drug-likeness (QED) is 0.852. The van der Waals surface area contributed by atoms with Gasteiger partial charge in [-0.15, -0.1) is 0 Å². The Kier molecular flexibility index (Phi) is 2.94. The predicted molar refractivity (Wildman–Crippen MR) is 73.6 cm³/mol. The molecule has 0 radical (unpaired) electrons. The molecule has 2 aromatic carbocycles. The molecule has 0 atom stereocenters. The van der Waals surface area contributed by atoms with Crippen LogP contribution in [0.4, 0.5) is 8.78 Å². The summed E-state index contributed by atoms with van der Waals surface area (Å²) < 4.78 is 27.0. The number of halogens is 3. The number of phenolic OH excluding ortho intramolecular Hbond substituents is 1. The summed E-state index contributed by atoms with van der Waals surface area (Å²) in [7, 11) is 0. The normalized spacial score (nSPS) is 13.3. The molecule has 0 spiro atoms. The highest BCUT2D eigenvalue weighted by atomic mass is 79.9. The Hall–Kier alpha value is -2.01. The summed E-state index contributed by atoms with van der Waals surface area (Å²) in [5, 5.41) is 9.60. The number of rotatable bonds is 1. The number of benzene rings is 2. The van der Waals surface area contributed by atoms with Gasteiger partial charge in [0.25, 0.3) is 0 Å². The van der Waals surface area contributed by atoms with Gasteiger partial charge in [-0.2, -0.15) is 0 Å². The van der Waals surface area contributed by atoms with E-state index in [-0.39, 0.29) is 17.1 Å². The van der Waals surface area contributed by atoms with E-state index in [0.29, 0.717) is 21.2 Å². The summed E-state index contributed by atoms with van der Waals surface area (Å²) in [6.07, 6.45) is 1.31. The van der Waals surface area contributed by atoms with Crippen molar-refractivity contribution in [1.29, 1.82) is 0 Å². The third-order valence-corrected chi connectivity index (χ3v) is 3.73. The van der Waals surface area contributed by atoms with Crippen molar-refractivity contribution < 1.29 is 18.7 Å². The maximum atomic E-state index is 13.3. The molecule has 0 heterocycles. The summed E-state index contributed by atoms with van der Waals surface area (Å²) in [4.78, 5) is 11.9. The highest BCUT2D eigenvalue weighted by Crippen LogP contribution is 2.38. The van der Waals surface area contributed by atoms with Gasteiger partial charge in [0.15, 0.2) is 5.78 Å². The molecule has 20 heavy (non-hydrogen) atoms. The summed E-state index contributed by atoms with van der Waals surface area (Å²) in [6.45, 7) is 0. The lowest BCUT2D eigenvalue weighted by molar-refractivity contribution is 0.104. The summed E-state index contributed by atoms with van der Waals surface area (Å²) in [6, 6.07) is 6.00. The van der Waals surface area contributed by atoms with Crippen molar-refractivity contribution in [3.05, 3.63) is 69.2 Å². The van der Waals surface area contributed by atoms with Gasteiger partial charge in [0, 0.05) is 11.6 Å². The molecule has 2 aromatic rings. The van der Waals surface area contributed by atoms with Gasteiger partial charge in [0.05, 0.1) is 4.47 Å². The fraction of sp³-hybridized carbons (Fsp3) is 0. The van der Waals surface area contributed by atoms with Crippen molar-refractivity contribution >= 4 is 27.3 Å². The summed E-state index contributed by atoms with van der Waals surface area (Å²) in [5.74, 6) is -1.78. The molecule has 1 aliphatic carbocycles.